The first-order chi connectivity index (χ1) is 6.45. The summed E-state index contributed by atoms with van der Waals surface area (Å²) in [6.07, 6.45) is -2.24. The van der Waals surface area contributed by atoms with Gasteiger partial charge in [-0.3, -0.25) is 4.79 Å². The van der Waals surface area contributed by atoms with Gasteiger partial charge in [0.05, 0.1) is 10.0 Å². The summed E-state index contributed by atoms with van der Waals surface area (Å²) < 4.78 is 37.5. The number of carbonyl (C=O) groups is 1. The van der Waals surface area contributed by atoms with Crippen LogP contribution in [0.3, 0.4) is 0 Å². The van der Waals surface area contributed by atoms with Crippen molar-refractivity contribution in [2.75, 3.05) is 0 Å². The highest BCUT2D eigenvalue weighted by Crippen LogP contribution is 2.29. The van der Waals surface area contributed by atoms with Crippen molar-refractivity contribution < 1.29 is 18.0 Å². The van der Waals surface area contributed by atoms with Crippen molar-refractivity contribution in [1.82, 2.24) is 4.98 Å². The number of aromatic nitrogens is 1. The lowest BCUT2D eigenvalue weighted by Crippen LogP contribution is -2.05. The number of rotatable bonds is 2. The van der Waals surface area contributed by atoms with Crippen molar-refractivity contribution in [3.05, 3.63) is 27.7 Å². The molecule has 0 fully saturated rings. The summed E-state index contributed by atoms with van der Waals surface area (Å²) in [4.78, 5) is 13.9. The van der Waals surface area contributed by atoms with E-state index in [4.69, 9.17) is 11.6 Å². The first-order valence-electron chi connectivity index (χ1n) is 3.27. The number of pyridine rings is 1. The van der Waals surface area contributed by atoms with Gasteiger partial charge in [-0.25, -0.2) is 18.2 Å². The van der Waals surface area contributed by atoms with Crippen molar-refractivity contribution in [2.45, 2.75) is 6.43 Å². The third kappa shape index (κ3) is 2.06. The van der Waals surface area contributed by atoms with Crippen molar-refractivity contribution in [3.8, 4) is 0 Å². The van der Waals surface area contributed by atoms with Gasteiger partial charge in [0.1, 0.15) is 11.5 Å². The monoisotopic (exact) mass is 287 g/mol. The fraction of sp³-hybridized carbons (Fsp3) is 0.143. The molecular weight excluding hydrogens is 286 g/mol. The van der Waals surface area contributed by atoms with Crippen LogP contribution in [0.4, 0.5) is 13.2 Å². The third-order valence-electron chi connectivity index (χ3n) is 1.41. The van der Waals surface area contributed by atoms with E-state index in [1.807, 2.05) is 0 Å². The molecule has 0 aliphatic carbocycles. The van der Waals surface area contributed by atoms with E-state index in [0.29, 0.717) is 0 Å². The molecule has 0 unspecified atom stereocenters. The molecule has 0 aliphatic rings. The molecule has 76 valence electrons. The van der Waals surface area contributed by atoms with Gasteiger partial charge in [-0.05, 0) is 27.5 Å². The quantitative estimate of drug-likeness (QED) is 0.782. The van der Waals surface area contributed by atoms with Gasteiger partial charge in [0.2, 0.25) is 0 Å². The molecule has 14 heavy (non-hydrogen) atoms. The maximum atomic E-state index is 13.1. The van der Waals surface area contributed by atoms with Gasteiger partial charge in [-0.15, -0.1) is 0 Å². The molecule has 0 aromatic carbocycles. The van der Waals surface area contributed by atoms with E-state index in [2.05, 4.69) is 20.9 Å². The molecule has 0 bridgehead atoms. The van der Waals surface area contributed by atoms with Gasteiger partial charge in [0.15, 0.2) is 0 Å². The molecule has 0 atom stereocenters. The van der Waals surface area contributed by atoms with Gasteiger partial charge >= 0.3 is 0 Å². The van der Waals surface area contributed by atoms with Gasteiger partial charge < -0.3 is 0 Å². The fourth-order valence-electron chi connectivity index (χ4n) is 0.836. The van der Waals surface area contributed by atoms with Crippen molar-refractivity contribution >= 4 is 32.8 Å². The van der Waals surface area contributed by atoms with Crippen LogP contribution in [0.1, 0.15) is 22.5 Å². The van der Waals surface area contributed by atoms with E-state index in [-0.39, 0.29) is 4.47 Å². The zero-order valence-corrected chi connectivity index (χ0v) is 8.74. The zero-order chi connectivity index (χ0) is 10.9. The number of hydrogen-bond acceptors (Lipinski definition) is 2. The van der Waals surface area contributed by atoms with Gasteiger partial charge in [-0.2, -0.15) is 0 Å². The van der Waals surface area contributed by atoms with Crippen LogP contribution in [0.25, 0.3) is 0 Å². The molecule has 0 saturated heterocycles. The summed E-state index contributed by atoms with van der Waals surface area (Å²) in [7, 11) is 0. The normalized spacial score (nSPS) is 10.7. The van der Waals surface area contributed by atoms with Crippen LogP contribution in [-0.2, 0) is 0 Å². The summed E-state index contributed by atoms with van der Waals surface area (Å²) in [5, 5.41) is -1.22. The largest absolute Gasteiger partial charge is 0.274 e. The van der Waals surface area contributed by atoms with E-state index < -0.39 is 28.7 Å². The average molecular weight is 288 g/mol. The van der Waals surface area contributed by atoms with E-state index in [1.165, 1.54) is 0 Å². The number of carbonyl (C=O) groups excluding carboxylic acids is 1. The number of nitrogens with zero attached hydrogens (tertiary/aromatic N) is 1. The predicted molar refractivity (Wildman–Crippen MR) is 47.0 cm³/mol. The smallest absolute Gasteiger partial charge is 0.271 e. The average Bonchev–Trinajstić information content (AvgIpc) is 2.08. The highest BCUT2D eigenvalue weighted by atomic mass is 79.9. The molecule has 0 aliphatic heterocycles. The molecule has 0 spiro atoms. The van der Waals surface area contributed by atoms with Crippen LogP contribution in [0.15, 0.2) is 10.7 Å². The summed E-state index contributed by atoms with van der Waals surface area (Å²) in [5.41, 5.74) is -1.85. The summed E-state index contributed by atoms with van der Waals surface area (Å²) in [5.74, 6) is -1.22. The zero-order valence-electron chi connectivity index (χ0n) is 6.40. The maximum absolute atomic E-state index is 13.1. The van der Waals surface area contributed by atoms with Gasteiger partial charge in [-0.1, -0.05) is 0 Å². The van der Waals surface area contributed by atoms with E-state index in [1.54, 1.807) is 0 Å². The Morgan fingerprint density at radius 3 is 2.57 bits per heavy atom. The SMILES string of the molecule is O=C(Cl)c1ncc(Br)c(F)c1C(F)F. The second-order valence-electron chi connectivity index (χ2n) is 2.26. The van der Waals surface area contributed by atoms with Crippen LogP contribution in [-0.4, -0.2) is 10.2 Å². The lowest BCUT2D eigenvalue weighted by molar-refractivity contribution is 0.105. The first-order valence-corrected chi connectivity index (χ1v) is 4.44. The number of hydrogen-bond donors (Lipinski definition) is 0. The molecule has 0 amide bonds. The van der Waals surface area contributed by atoms with Crippen LogP contribution >= 0.6 is 27.5 Å². The van der Waals surface area contributed by atoms with Crippen molar-refractivity contribution in [1.29, 1.82) is 0 Å². The van der Waals surface area contributed by atoms with Crippen LogP contribution in [0, 0.1) is 5.82 Å². The Morgan fingerprint density at radius 1 is 1.57 bits per heavy atom. The minimum absolute atomic E-state index is 0.241. The Kier molecular flexibility index (Phi) is 3.49. The van der Waals surface area contributed by atoms with Crippen LogP contribution < -0.4 is 0 Å². The van der Waals surface area contributed by atoms with E-state index in [0.717, 1.165) is 6.20 Å². The molecule has 1 aromatic heterocycles. The van der Waals surface area contributed by atoms with Gasteiger partial charge in [0.25, 0.3) is 11.7 Å². The lowest BCUT2D eigenvalue weighted by Gasteiger charge is -2.06. The summed E-state index contributed by atoms with van der Waals surface area (Å²) in [6, 6.07) is 0. The second-order valence-corrected chi connectivity index (χ2v) is 3.45. The lowest BCUT2D eigenvalue weighted by atomic mass is 10.2. The molecular formula is C7H2BrClF3NO. The number of alkyl halides is 2. The minimum atomic E-state index is -3.14. The van der Waals surface area contributed by atoms with Crippen molar-refractivity contribution in [3.63, 3.8) is 0 Å². The molecule has 1 rings (SSSR count). The Labute approximate surface area is 90.2 Å². The molecule has 2 nitrogen and oxygen atoms in total. The molecule has 0 saturated carbocycles. The highest BCUT2D eigenvalue weighted by Gasteiger charge is 2.24. The predicted octanol–water partition coefficient (Wildman–Crippen LogP) is 3.30. The fourth-order valence-corrected chi connectivity index (χ4v) is 1.30. The summed E-state index contributed by atoms with van der Waals surface area (Å²) in [6.45, 7) is 0. The summed E-state index contributed by atoms with van der Waals surface area (Å²) >= 11 is 7.63. The minimum Gasteiger partial charge on any atom is -0.274 e. The Balaban J connectivity index is 3.45. The molecule has 0 radical (unpaired) electrons. The maximum Gasteiger partial charge on any atom is 0.271 e. The Hall–Kier alpha value is -0.620. The molecule has 1 heterocycles. The second kappa shape index (κ2) is 4.27. The highest BCUT2D eigenvalue weighted by molar-refractivity contribution is 9.10. The standard InChI is InChI=1S/C7H2BrClF3NO/c8-2-1-13-5(6(9)14)3(4(2)10)7(11)12/h1,7H. The van der Waals surface area contributed by atoms with Gasteiger partial charge in [0, 0.05) is 6.20 Å². The first kappa shape index (κ1) is 11.5. The van der Waals surface area contributed by atoms with E-state index in [9.17, 15) is 18.0 Å². The molecule has 0 N–H and O–H groups in total. The van der Waals surface area contributed by atoms with Crippen LogP contribution in [0.2, 0.25) is 0 Å². The van der Waals surface area contributed by atoms with Crippen LogP contribution in [0.5, 0.6) is 0 Å². The van der Waals surface area contributed by atoms with E-state index >= 15 is 0 Å². The molecule has 1 aromatic rings. The Bertz CT molecular complexity index is 385. The Morgan fingerprint density at radius 2 is 2.14 bits per heavy atom. The molecule has 7 heteroatoms. The topological polar surface area (TPSA) is 30.0 Å². The third-order valence-corrected chi connectivity index (χ3v) is 2.14. The van der Waals surface area contributed by atoms with Crippen molar-refractivity contribution in [2.24, 2.45) is 0 Å². The number of halogens is 5.